The lowest BCUT2D eigenvalue weighted by Crippen LogP contribution is -2.45. The highest BCUT2D eigenvalue weighted by atomic mass is 35.5. The highest BCUT2D eigenvalue weighted by molar-refractivity contribution is 6.30. The summed E-state index contributed by atoms with van der Waals surface area (Å²) in [5.74, 6) is -0.383. The molecule has 2 aromatic rings. The number of rotatable bonds is 5. The van der Waals surface area contributed by atoms with E-state index in [2.05, 4.69) is 5.18 Å². The second-order valence-corrected chi connectivity index (χ2v) is 6.99. The predicted molar refractivity (Wildman–Crippen MR) is 107 cm³/mol. The van der Waals surface area contributed by atoms with Crippen molar-refractivity contribution in [1.29, 1.82) is 5.26 Å². The maximum absolute atomic E-state index is 12.9. The van der Waals surface area contributed by atoms with E-state index in [0.717, 1.165) is 10.5 Å². The number of furan rings is 1. The molecule has 0 spiro atoms. The van der Waals surface area contributed by atoms with E-state index in [0.29, 0.717) is 16.5 Å². The van der Waals surface area contributed by atoms with Crippen molar-refractivity contribution in [3.05, 3.63) is 68.8 Å². The van der Waals surface area contributed by atoms with Gasteiger partial charge in [-0.3, -0.25) is 14.5 Å². The highest BCUT2D eigenvalue weighted by Crippen LogP contribution is 2.29. The van der Waals surface area contributed by atoms with Crippen molar-refractivity contribution >= 4 is 29.5 Å². The van der Waals surface area contributed by atoms with Gasteiger partial charge in [0.1, 0.15) is 29.2 Å². The van der Waals surface area contributed by atoms with Gasteiger partial charge in [0, 0.05) is 16.2 Å². The number of benzene rings is 1. The summed E-state index contributed by atoms with van der Waals surface area (Å²) >= 11 is 5.90. The second-order valence-electron chi connectivity index (χ2n) is 6.55. The Morgan fingerprint density at radius 1 is 1.21 bits per heavy atom. The maximum atomic E-state index is 12.9. The Bertz CT molecular complexity index is 1090. The third kappa shape index (κ3) is 4.03. The van der Waals surface area contributed by atoms with Crippen molar-refractivity contribution in [1.82, 2.24) is 4.90 Å². The van der Waals surface area contributed by atoms with Crippen molar-refractivity contribution in [2.75, 3.05) is 6.54 Å². The molecule has 0 saturated heterocycles. The number of halogens is 1. The average molecular weight is 410 g/mol. The molecule has 0 fully saturated rings. The van der Waals surface area contributed by atoms with E-state index in [1.165, 1.54) is 19.9 Å². The first-order valence-electron chi connectivity index (χ1n) is 8.73. The fraction of sp³-hybridized carbons (Fsp3) is 0.190. The number of carbonyl (C=O) groups excluding carboxylic acids is 2. The average Bonchev–Trinajstić information content (AvgIpc) is 3.18. The van der Waals surface area contributed by atoms with Crippen molar-refractivity contribution in [2.45, 2.75) is 19.9 Å². The lowest BCUT2D eigenvalue weighted by atomic mass is 9.94. The molecule has 1 aromatic heterocycles. The van der Waals surface area contributed by atoms with Crippen LogP contribution in [0.3, 0.4) is 0 Å². The standard InChI is InChI=1S/C21H16ClN3O4/c1-12(24-28)11-25-20(26)17(13(2)18(10-23)21(25)27)9-16-7-8-19(29-16)14-3-5-15(22)6-4-14/h3-9,12H,11H2,1-2H3/b17-9+. The van der Waals surface area contributed by atoms with Crippen LogP contribution in [0.2, 0.25) is 5.02 Å². The number of nitrogens with zero attached hydrogens (tertiary/aromatic N) is 3. The van der Waals surface area contributed by atoms with E-state index in [4.69, 9.17) is 16.0 Å². The van der Waals surface area contributed by atoms with Gasteiger partial charge in [0.2, 0.25) is 0 Å². The topological polar surface area (TPSA) is 104 Å². The number of hydrogen-bond acceptors (Lipinski definition) is 6. The van der Waals surface area contributed by atoms with E-state index in [1.807, 2.05) is 6.07 Å². The molecule has 8 heteroatoms. The SMILES string of the molecule is CC1=C(C#N)C(=O)N(CC(C)N=O)C(=O)/C1=C/c1ccc(-c2ccc(Cl)cc2)o1. The minimum absolute atomic E-state index is 0.149. The Hall–Kier alpha value is -3.50. The molecule has 146 valence electrons. The molecule has 0 aliphatic carbocycles. The van der Waals surface area contributed by atoms with E-state index < -0.39 is 17.9 Å². The van der Waals surface area contributed by atoms with Crippen molar-refractivity contribution in [2.24, 2.45) is 5.18 Å². The molecule has 0 saturated carbocycles. The largest absolute Gasteiger partial charge is 0.457 e. The summed E-state index contributed by atoms with van der Waals surface area (Å²) in [5.41, 5.74) is 1.06. The first-order chi connectivity index (χ1) is 13.8. The molecule has 0 N–H and O–H groups in total. The van der Waals surface area contributed by atoms with Crippen LogP contribution in [0.1, 0.15) is 19.6 Å². The van der Waals surface area contributed by atoms with Gasteiger partial charge < -0.3 is 4.42 Å². The van der Waals surface area contributed by atoms with Crippen LogP contribution in [0.5, 0.6) is 0 Å². The second kappa shape index (κ2) is 8.25. The van der Waals surface area contributed by atoms with Gasteiger partial charge >= 0.3 is 0 Å². The summed E-state index contributed by atoms with van der Waals surface area (Å²) < 4.78 is 5.79. The smallest absolute Gasteiger partial charge is 0.271 e. The minimum atomic E-state index is -0.789. The first kappa shape index (κ1) is 20.2. The van der Waals surface area contributed by atoms with Crippen LogP contribution in [0.15, 0.2) is 62.7 Å². The van der Waals surface area contributed by atoms with Crippen LogP contribution in [-0.2, 0) is 9.59 Å². The van der Waals surface area contributed by atoms with Crippen molar-refractivity contribution in [3.63, 3.8) is 0 Å². The molecule has 0 radical (unpaired) electrons. The summed E-state index contributed by atoms with van der Waals surface area (Å²) in [5, 5.41) is 12.8. The summed E-state index contributed by atoms with van der Waals surface area (Å²) in [7, 11) is 0. The number of hydrogen-bond donors (Lipinski definition) is 0. The van der Waals surface area contributed by atoms with Gasteiger partial charge in [-0.15, -0.1) is 0 Å². The number of carbonyl (C=O) groups is 2. The molecule has 1 aliphatic heterocycles. The third-order valence-electron chi connectivity index (χ3n) is 4.49. The summed E-state index contributed by atoms with van der Waals surface area (Å²) in [4.78, 5) is 36.9. The van der Waals surface area contributed by atoms with Gasteiger partial charge in [-0.05, 0) is 61.9 Å². The fourth-order valence-corrected chi connectivity index (χ4v) is 3.06. The molecule has 2 amide bonds. The van der Waals surface area contributed by atoms with Gasteiger partial charge in [0.05, 0.1) is 6.54 Å². The van der Waals surface area contributed by atoms with Crippen LogP contribution in [0.25, 0.3) is 17.4 Å². The lowest BCUT2D eigenvalue weighted by Gasteiger charge is -2.27. The Labute approximate surface area is 171 Å². The van der Waals surface area contributed by atoms with Gasteiger partial charge in [-0.2, -0.15) is 10.2 Å². The van der Waals surface area contributed by atoms with E-state index >= 15 is 0 Å². The van der Waals surface area contributed by atoms with Crippen LogP contribution >= 0.6 is 11.6 Å². The van der Waals surface area contributed by atoms with Crippen LogP contribution in [0, 0.1) is 16.2 Å². The van der Waals surface area contributed by atoms with E-state index in [1.54, 1.807) is 36.4 Å². The molecule has 1 aliphatic rings. The number of amides is 2. The number of nitriles is 1. The maximum Gasteiger partial charge on any atom is 0.271 e. The third-order valence-corrected chi connectivity index (χ3v) is 4.75. The van der Waals surface area contributed by atoms with Gasteiger partial charge in [-0.25, -0.2) is 0 Å². The molecule has 3 rings (SSSR count). The zero-order valence-electron chi connectivity index (χ0n) is 15.7. The molecule has 1 unspecified atom stereocenters. The molecular weight excluding hydrogens is 394 g/mol. The Morgan fingerprint density at radius 2 is 1.90 bits per heavy atom. The normalized spacial score (nSPS) is 16.9. The highest BCUT2D eigenvalue weighted by Gasteiger charge is 2.36. The van der Waals surface area contributed by atoms with E-state index in [9.17, 15) is 19.8 Å². The van der Waals surface area contributed by atoms with Gasteiger partial charge in [0.15, 0.2) is 0 Å². The van der Waals surface area contributed by atoms with Gasteiger partial charge in [0.25, 0.3) is 11.8 Å². The zero-order chi connectivity index (χ0) is 21.1. The minimum Gasteiger partial charge on any atom is -0.457 e. The zero-order valence-corrected chi connectivity index (χ0v) is 16.4. The molecular formula is C21H16ClN3O4. The fourth-order valence-electron chi connectivity index (χ4n) is 2.94. The van der Waals surface area contributed by atoms with E-state index in [-0.39, 0.29) is 23.3 Å². The van der Waals surface area contributed by atoms with Crippen LogP contribution in [-0.4, -0.2) is 29.3 Å². The van der Waals surface area contributed by atoms with Crippen LogP contribution < -0.4 is 0 Å². The summed E-state index contributed by atoms with van der Waals surface area (Å²) in [6.45, 7) is 2.81. The number of nitroso groups, excluding NO2 is 1. The predicted octanol–water partition coefficient (Wildman–Crippen LogP) is 4.35. The monoisotopic (exact) mass is 409 g/mol. The first-order valence-corrected chi connectivity index (χ1v) is 9.11. The Kier molecular flexibility index (Phi) is 5.76. The molecule has 1 aromatic carbocycles. The number of imide groups is 1. The Morgan fingerprint density at radius 3 is 2.52 bits per heavy atom. The van der Waals surface area contributed by atoms with Crippen molar-refractivity contribution in [3.8, 4) is 17.4 Å². The summed E-state index contributed by atoms with van der Waals surface area (Å²) in [6.07, 6.45) is 1.48. The quantitative estimate of drug-likeness (QED) is 0.415. The summed E-state index contributed by atoms with van der Waals surface area (Å²) in [6, 6.07) is 11.6. The van der Waals surface area contributed by atoms with Crippen molar-refractivity contribution < 1.29 is 14.0 Å². The Balaban J connectivity index is 2.00. The molecule has 29 heavy (non-hydrogen) atoms. The lowest BCUT2D eigenvalue weighted by molar-refractivity contribution is -0.140. The molecule has 2 heterocycles. The molecule has 0 bridgehead atoms. The molecule has 7 nitrogen and oxygen atoms in total. The van der Waals surface area contributed by atoms with Gasteiger partial charge in [-0.1, -0.05) is 16.8 Å². The van der Waals surface area contributed by atoms with Crippen LogP contribution in [0.4, 0.5) is 0 Å². The molecule has 1 atom stereocenters.